The molecule has 0 spiro atoms. The molecule has 0 unspecified atom stereocenters. The summed E-state index contributed by atoms with van der Waals surface area (Å²) in [5, 5.41) is 10.1. The van der Waals surface area contributed by atoms with Gasteiger partial charge in [0.2, 0.25) is 0 Å². The molecule has 0 aromatic carbocycles. The predicted octanol–water partition coefficient (Wildman–Crippen LogP) is 1.85. The molecule has 104 valence electrons. The second-order valence-electron chi connectivity index (χ2n) is 5.67. The highest BCUT2D eigenvalue weighted by atomic mass is 15.1. The first-order valence-corrected chi connectivity index (χ1v) is 7.43. The first-order chi connectivity index (χ1) is 9.40. The van der Waals surface area contributed by atoms with E-state index in [9.17, 15) is 0 Å². The van der Waals surface area contributed by atoms with Crippen molar-refractivity contribution in [2.45, 2.75) is 38.1 Å². The normalized spacial score (nSPS) is 20.8. The van der Waals surface area contributed by atoms with Gasteiger partial charge in [-0.05, 0) is 18.8 Å². The van der Waals surface area contributed by atoms with Crippen molar-refractivity contribution in [2.75, 3.05) is 30.3 Å². The molecule has 0 bridgehead atoms. The lowest BCUT2D eigenvalue weighted by molar-refractivity contribution is 0.373. The van der Waals surface area contributed by atoms with E-state index in [-0.39, 0.29) is 0 Å². The van der Waals surface area contributed by atoms with Crippen LogP contribution in [0, 0.1) is 5.92 Å². The number of rotatable bonds is 5. The van der Waals surface area contributed by atoms with Gasteiger partial charge in [0, 0.05) is 25.7 Å². The average Bonchev–Trinajstić information content (AvgIpc) is 2.42. The van der Waals surface area contributed by atoms with Crippen LogP contribution in [-0.4, -0.2) is 35.6 Å². The predicted molar refractivity (Wildman–Crippen MR) is 77.4 cm³/mol. The standard InChI is InChI=1S/C14H23N5/c1-2-4-11(5-3-1)7-16-13-6-14(18-10-17-13)19-12-8-15-9-12/h6,10-12,15H,1-5,7-9H2,(H2,16,17,18,19). The second-order valence-corrected chi connectivity index (χ2v) is 5.67. The first kappa shape index (κ1) is 12.7. The van der Waals surface area contributed by atoms with Gasteiger partial charge in [0.15, 0.2) is 0 Å². The van der Waals surface area contributed by atoms with Crippen molar-refractivity contribution in [3.63, 3.8) is 0 Å². The summed E-state index contributed by atoms with van der Waals surface area (Å²) in [7, 11) is 0. The largest absolute Gasteiger partial charge is 0.370 e. The Balaban J connectivity index is 1.50. The van der Waals surface area contributed by atoms with E-state index in [1.165, 1.54) is 32.1 Å². The summed E-state index contributed by atoms with van der Waals surface area (Å²) < 4.78 is 0. The monoisotopic (exact) mass is 261 g/mol. The summed E-state index contributed by atoms with van der Waals surface area (Å²) in [6.07, 6.45) is 8.54. The fraction of sp³-hybridized carbons (Fsp3) is 0.714. The molecule has 0 amide bonds. The van der Waals surface area contributed by atoms with Gasteiger partial charge in [-0.1, -0.05) is 19.3 Å². The molecule has 2 fully saturated rings. The molecule has 2 heterocycles. The van der Waals surface area contributed by atoms with Crippen LogP contribution in [0.15, 0.2) is 12.4 Å². The number of hydrogen-bond donors (Lipinski definition) is 3. The van der Waals surface area contributed by atoms with Gasteiger partial charge in [0.1, 0.15) is 18.0 Å². The highest BCUT2D eigenvalue weighted by molar-refractivity contribution is 5.47. The lowest BCUT2D eigenvalue weighted by Crippen LogP contribution is -2.51. The van der Waals surface area contributed by atoms with E-state index in [1.54, 1.807) is 6.33 Å². The van der Waals surface area contributed by atoms with Crippen molar-refractivity contribution < 1.29 is 0 Å². The molecule has 1 aliphatic carbocycles. The third-order valence-electron chi connectivity index (χ3n) is 4.10. The number of anilines is 2. The topological polar surface area (TPSA) is 61.9 Å². The lowest BCUT2D eigenvalue weighted by atomic mass is 9.89. The van der Waals surface area contributed by atoms with Gasteiger partial charge < -0.3 is 16.0 Å². The molecule has 1 saturated carbocycles. The third-order valence-corrected chi connectivity index (χ3v) is 4.10. The van der Waals surface area contributed by atoms with Crippen molar-refractivity contribution in [1.29, 1.82) is 0 Å². The Bertz CT molecular complexity index is 399. The highest BCUT2D eigenvalue weighted by Crippen LogP contribution is 2.23. The van der Waals surface area contributed by atoms with Crippen molar-refractivity contribution in [3.05, 3.63) is 12.4 Å². The average molecular weight is 261 g/mol. The number of hydrogen-bond acceptors (Lipinski definition) is 5. The fourth-order valence-electron chi connectivity index (χ4n) is 2.77. The van der Waals surface area contributed by atoms with Crippen molar-refractivity contribution in [1.82, 2.24) is 15.3 Å². The molecular formula is C14H23N5. The Morgan fingerprint density at radius 3 is 2.63 bits per heavy atom. The van der Waals surface area contributed by atoms with E-state index in [2.05, 4.69) is 25.9 Å². The Hall–Kier alpha value is -1.36. The van der Waals surface area contributed by atoms with Crippen LogP contribution in [0.5, 0.6) is 0 Å². The van der Waals surface area contributed by atoms with E-state index < -0.39 is 0 Å². The van der Waals surface area contributed by atoms with E-state index in [1.807, 2.05) is 6.07 Å². The fourth-order valence-corrected chi connectivity index (χ4v) is 2.77. The summed E-state index contributed by atoms with van der Waals surface area (Å²) in [6, 6.07) is 2.53. The molecule has 19 heavy (non-hydrogen) atoms. The second kappa shape index (κ2) is 6.19. The maximum atomic E-state index is 4.30. The molecular weight excluding hydrogens is 238 g/mol. The number of nitrogens with zero attached hydrogens (tertiary/aromatic N) is 2. The minimum Gasteiger partial charge on any atom is -0.370 e. The van der Waals surface area contributed by atoms with Crippen LogP contribution < -0.4 is 16.0 Å². The summed E-state index contributed by atoms with van der Waals surface area (Å²) in [6.45, 7) is 3.09. The van der Waals surface area contributed by atoms with Crippen molar-refractivity contribution >= 4 is 11.6 Å². The Morgan fingerprint density at radius 2 is 1.89 bits per heavy atom. The van der Waals surface area contributed by atoms with Crippen molar-refractivity contribution in [3.8, 4) is 0 Å². The molecule has 1 aromatic rings. The molecule has 3 N–H and O–H groups in total. The number of aromatic nitrogens is 2. The van der Waals surface area contributed by atoms with Crippen LogP contribution in [0.25, 0.3) is 0 Å². The van der Waals surface area contributed by atoms with Crippen LogP contribution in [0.3, 0.4) is 0 Å². The summed E-state index contributed by atoms with van der Waals surface area (Å²) >= 11 is 0. The summed E-state index contributed by atoms with van der Waals surface area (Å²) in [5.41, 5.74) is 0. The Labute approximate surface area is 114 Å². The van der Waals surface area contributed by atoms with Crippen LogP contribution in [0.4, 0.5) is 11.6 Å². The minimum atomic E-state index is 0.515. The maximum Gasteiger partial charge on any atom is 0.131 e. The molecule has 1 aromatic heterocycles. The zero-order valence-corrected chi connectivity index (χ0v) is 11.4. The number of nitrogens with one attached hydrogen (secondary N) is 3. The molecule has 1 aliphatic heterocycles. The molecule has 0 atom stereocenters. The maximum absolute atomic E-state index is 4.30. The van der Waals surface area contributed by atoms with Gasteiger partial charge in [-0.3, -0.25) is 0 Å². The van der Waals surface area contributed by atoms with Crippen molar-refractivity contribution in [2.24, 2.45) is 5.92 Å². The highest BCUT2D eigenvalue weighted by Gasteiger charge is 2.17. The van der Waals surface area contributed by atoms with E-state index in [4.69, 9.17) is 0 Å². The zero-order chi connectivity index (χ0) is 12.9. The Kier molecular flexibility index (Phi) is 4.13. The molecule has 0 radical (unpaired) electrons. The third kappa shape index (κ3) is 3.56. The SMILES string of the molecule is c1nc(NCC2CCCCC2)cc(NC2CNC2)n1. The molecule has 5 heteroatoms. The van der Waals surface area contributed by atoms with Gasteiger partial charge in [-0.25, -0.2) is 9.97 Å². The first-order valence-electron chi connectivity index (χ1n) is 7.43. The lowest BCUT2D eigenvalue weighted by Gasteiger charge is -2.28. The van der Waals surface area contributed by atoms with Gasteiger partial charge in [0.05, 0.1) is 6.04 Å². The van der Waals surface area contributed by atoms with E-state index in [0.29, 0.717) is 6.04 Å². The zero-order valence-electron chi connectivity index (χ0n) is 11.4. The van der Waals surface area contributed by atoms with Gasteiger partial charge in [-0.15, -0.1) is 0 Å². The molecule has 5 nitrogen and oxygen atoms in total. The van der Waals surface area contributed by atoms with E-state index in [0.717, 1.165) is 37.2 Å². The van der Waals surface area contributed by atoms with Crippen LogP contribution in [0.1, 0.15) is 32.1 Å². The smallest absolute Gasteiger partial charge is 0.131 e. The molecule has 2 aliphatic rings. The van der Waals surface area contributed by atoms with Crippen LogP contribution in [-0.2, 0) is 0 Å². The molecule has 3 rings (SSSR count). The van der Waals surface area contributed by atoms with Crippen LogP contribution >= 0.6 is 0 Å². The van der Waals surface area contributed by atoms with E-state index >= 15 is 0 Å². The summed E-state index contributed by atoms with van der Waals surface area (Å²) in [5.74, 6) is 2.68. The van der Waals surface area contributed by atoms with Gasteiger partial charge in [-0.2, -0.15) is 0 Å². The Morgan fingerprint density at radius 1 is 1.11 bits per heavy atom. The van der Waals surface area contributed by atoms with Crippen LogP contribution in [0.2, 0.25) is 0 Å². The summed E-state index contributed by atoms with van der Waals surface area (Å²) in [4.78, 5) is 8.56. The van der Waals surface area contributed by atoms with Gasteiger partial charge in [0.25, 0.3) is 0 Å². The van der Waals surface area contributed by atoms with Gasteiger partial charge >= 0.3 is 0 Å². The quantitative estimate of drug-likeness (QED) is 0.755. The minimum absolute atomic E-state index is 0.515. The molecule has 1 saturated heterocycles.